The molecule has 1 aliphatic heterocycles. The maximum Gasteiger partial charge on any atom is 0.253 e. The van der Waals surface area contributed by atoms with Gasteiger partial charge in [-0.05, 0) is 24.3 Å². The molecule has 0 unspecified atom stereocenters. The number of nitrogens with zero attached hydrogens (tertiary/aromatic N) is 2. The minimum Gasteiger partial charge on any atom is -0.342 e. The van der Waals surface area contributed by atoms with Crippen molar-refractivity contribution in [3.05, 3.63) is 34.9 Å². The van der Waals surface area contributed by atoms with Gasteiger partial charge in [0.1, 0.15) is 0 Å². The Kier molecular flexibility index (Phi) is 3.64. The number of halogens is 1. The van der Waals surface area contributed by atoms with Crippen LogP contribution in [-0.4, -0.2) is 48.3 Å². The average molecular weight is 253 g/mol. The van der Waals surface area contributed by atoms with E-state index in [2.05, 4.69) is 0 Å². The fraction of sp³-hybridized carbons (Fsp3) is 0.333. The molecule has 0 N–H and O–H groups in total. The summed E-state index contributed by atoms with van der Waals surface area (Å²) in [6, 6.07) is 6.85. The maximum absolute atomic E-state index is 12.1. The number of hydrogen-bond acceptors (Lipinski definition) is 2. The second-order valence-electron chi connectivity index (χ2n) is 3.94. The zero-order valence-electron chi connectivity index (χ0n) is 9.30. The van der Waals surface area contributed by atoms with Crippen molar-refractivity contribution in [1.29, 1.82) is 0 Å². The molecule has 4 nitrogen and oxygen atoms in total. The van der Waals surface area contributed by atoms with Gasteiger partial charge < -0.3 is 9.80 Å². The number of piperazine rings is 1. The van der Waals surface area contributed by atoms with Crippen LogP contribution in [0, 0.1) is 0 Å². The van der Waals surface area contributed by atoms with E-state index in [0.29, 0.717) is 36.8 Å². The van der Waals surface area contributed by atoms with E-state index in [1.165, 1.54) is 0 Å². The molecular formula is C12H13ClN2O2. The fourth-order valence-electron chi connectivity index (χ4n) is 1.81. The van der Waals surface area contributed by atoms with E-state index in [-0.39, 0.29) is 5.91 Å². The molecule has 0 atom stereocenters. The van der Waals surface area contributed by atoms with Crippen molar-refractivity contribution in [3.63, 3.8) is 0 Å². The summed E-state index contributed by atoms with van der Waals surface area (Å²) in [4.78, 5) is 26.1. The summed E-state index contributed by atoms with van der Waals surface area (Å²) in [7, 11) is 0. The molecule has 0 bridgehead atoms. The molecule has 0 spiro atoms. The molecule has 0 aliphatic carbocycles. The van der Waals surface area contributed by atoms with E-state index in [1.807, 2.05) is 0 Å². The van der Waals surface area contributed by atoms with Gasteiger partial charge in [-0.1, -0.05) is 11.6 Å². The zero-order valence-corrected chi connectivity index (χ0v) is 10.1. The highest BCUT2D eigenvalue weighted by molar-refractivity contribution is 6.30. The molecule has 1 aliphatic rings. The fourth-order valence-corrected chi connectivity index (χ4v) is 1.93. The van der Waals surface area contributed by atoms with Crippen molar-refractivity contribution < 1.29 is 9.59 Å². The standard InChI is InChI=1S/C12H13ClN2O2/c13-11-3-1-10(2-4-11)12(17)15-7-5-14(9-16)6-8-15/h1-4,9H,5-8H2. The molecule has 1 aromatic rings. The van der Waals surface area contributed by atoms with E-state index in [0.717, 1.165) is 6.41 Å². The minimum atomic E-state index is -0.00721. The van der Waals surface area contributed by atoms with Crippen LogP contribution in [0.25, 0.3) is 0 Å². The van der Waals surface area contributed by atoms with E-state index in [1.54, 1.807) is 34.1 Å². The Morgan fingerprint density at radius 1 is 1.12 bits per heavy atom. The van der Waals surface area contributed by atoms with Crippen molar-refractivity contribution >= 4 is 23.9 Å². The Balaban J connectivity index is 2.01. The van der Waals surface area contributed by atoms with Crippen LogP contribution < -0.4 is 0 Å². The molecule has 1 saturated heterocycles. The number of benzene rings is 1. The highest BCUT2D eigenvalue weighted by atomic mass is 35.5. The van der Waals surface area contributed by atoms with Gasteiger partial charge in [-0.25, -0.2) is 0 Å². The number of carbonyl (C=O) groups excluding carboxylic acids is 2. The summed E-state index contributed by atoms with van der Waals surface area (Å²) in [5.41, 5.74) is 0.633. The van der Waals surface area contributed by atoms with Gasteiger partial charge >= 0.3 is 0 Å². The van der Waals surface area contributed by atoms with Crippen LogP contribution in [0.15, 0.2) is 24.3 Å². The zero-order chi connectivity index (χ0) is 12.3. The topological polar surface area (TPSA) is 40.6 Å². The van der Waals surface area contributed by atoms with Gasteiger partial charge in [-0.15, -0.1) is 0 Å². The highest BCUT2D eigenvalue weighted by Crippen LogP contribution is 2.12. The molecule has 5 heteroatoms. The van der Waals surface area contributed by atoms with Gasteiger partial charge in [0, 0.05) is 36.8 Å². The van der Waals surface area contributed by atoms with Crippen LogP contribution in [0.1, 0.15) is 10.4 Å². The summed E-state index contributed by atoms with van der Waals surface area (Å²) in [5.74, 6) is -0.00721. The molecular weight excluding hydrogens is 240 g/mol. The SMILES string of the molecule is O=CN1CCN(C(=O)c2ccc(Cl)cc2)CC1. The summed E-state index contributed by atoms with van der Waals surface area (Å²) in [6.07, 6.45) is 0.824. The summed E-state index contributed by atoms with van der Waals surface area (Å²) < 4.78 is 0. The first-order valence-corrected chi connectivity index (χ1v) is 5.82. The molecule has 1 fully saturated rings. The van der Waals surface area contributed by atoms with Gasteiger partial charge in [0.05, 0.1) is 0 Å². The average Bonchev–Trinajstić information content (AvgIpc) is 2.39. The lowest BCUT2D eigenvalue weighted by molar-refractivity contribution is -0.119. The van der Waals surface area contributed by atoms with Crippen molar-refractivity contribution in [1.82, 2.24) is 9.80 Å². The molecule has 0 aromatic heterocycles. The second-order valence-corrected chi connectivity index (χ2v) is 4.38. The number of amides is 2. The van der Waals surface area contributed by atoms with Crippen LogP contribution in [0.5, 0.6) is 0 Å². The molecule has 1 aromatic carbocycles. The first-order chi connectivity index (χ1) is 8.20. The predicted molar refractivity (Wildman–Crippen MR) is 65.0 cm³/mol. The Bertz CT molecular complexity index is 411. The third-order valence-electron chi connectivity index (χ3n) is 2.84. The van der Waals surface area contributed by atoms with Crippen molar-refractivity contribution in [2.24, 2.45) is 0 Å². The van der Waals surface area contributed by atoms with Crippen LogP contribution in [0.2, 0.25) is 5.02 Å². The lowest BCUT2D eigenvalue weighted by Gasteiger charge is -2.32. The summed E-state index contributed by atoms with van der Waals surface area (Å²) in [5, 5.41) is 0.618. The first kappa shape index (κ1) is 11.9. The lowest BCUT2D eigenvalue weighted by Crippen LogP contribution is -2.48. The van der Waals surface area contributed by atoms with Crippen molar-refractivity contribution in [2.45, 2.75) is 0 Å². The van der Waals surface area contributed by atoms with Crippen molar-refractivity contribution in [2.75, 3.05) is 26.2 Å². The van der Waals surface area contributed by atoms with Crippen LogP contribution in [0.4, 0.5) is 0 Å². The third-order valence-corrected chi connectivity index (χ3v) is 3.09. The molecule has 0 radical (unpaired) electrons. The Labute approximate surface area is 105 Å². The summed E-state index contributed by atoms with van der Waals surface area (Å²) >= 11 is 5.77. The Morgan fingerprint density at radius 2 is 1.71 bits per heavy atom. The maximum atomic E-state index is 12.1. The first-order valence-electron chi connectivity index (χ1n) is 5.45. The van der Waals surface area contributed by atoms with E-state index < -0.39 is 0 Å². The largest absolute Gasteiger partial charge is 0.342 e. The highest BCUT2D eigenvalue weighted by Gasteiger charge is 2.20. The molecule has 1 heterocycles. The molecule has 2 rings (SSSR count). The van der Waals surface area contributed by atoms with Gasteiger partial charge in [0.2, 0.25) is 6.41 Å². The smallest absolute Gasteiger partial charge is 0.253 e. The monoisotopic (exact) mass is 252 g/mol. The number of carbonyl (C=O) groups is 2. The number of rotatable bonds is 2. The van der Waals surface area contributed by atoms with Crippen LogP contribution in [0.3, 0.4) is 0 Å². The van der Waals surface area contributed by atoms with Crippen molar-refractivity contribution in [3.8, 4) is 0 Å². The molecule has 17 heavy (non-hydrogen) atoms. The second kappa shape index (κ2) is 5.19. The normalized spacial score (nSPS) is 15.8. The van der Waals surface area contributed by atoms with Gasteiger partial charge in [0.25, 0.3) is 5.91 Å². The van der Waals surface area contributed by atoms with E-state index >= 15 is 0 Å². The Hall–Kier alpha value is -1.55. The third kappa shape index (κ3) is 2.77. The Morgan fingerprint density at radius 3 is 2.24 bits per heavy atom. The summed E-state index contributed by atoms with van der Waals surface area (Å²) in [6.45, 7) is 2.37. The van der Waals surface area contributed by atoms with Crippen LogP contribution >= 0.6 is 11.6 Å². The lowest BCUT2D eigenvalue weighted by atomic mass is 10.2. The number of hydrogen-bond donors (Lipinski definition) is 0. The van der Waals surface area contributed by atoms with E-state index in [9.17, 15) is 9.59 Å². The molecule has 2 amide bonds. The quantitative estimate of drug-likeness (QED) is 0.744. The van der Waals surface area contributed by atoms with Crippen LogP contribution in [-0.2, 0) is 4.79 Å². The van der Waals surface area contributed by atoms with Gasteiger partial charge in [0.15, 0.2) is 0 Å². The predicted octanol–water partition coefficient (Wildman–Crippen LogP) is 1.25. The minimum absolute atomic E-state index is 0.00721. The molecule has 0 saturated carbocycles. The van der Waals surface area contributed by atoms with Gasteiger partial charge in [-0.2, -0.15) is 0 Å². The molecule has 90 valence electrons. The van der Waals surface area contributed by atoms with Gasteiger partial charge in [-0.3, -0.25) is 9.59 Å². The van der Waals surface area contributed by atoms with E-state index in [4.69, 9.17) is 11.6 Å².